The quantitative estimate of drug-likeness (QED) is 0.415. The lowest BCUT2D eigenvalue weighted by Gasteiger charge is -2.35. The summed E-state index contributed by atoms with van der Waals surface area (Å²) < 4.78 is 0. The number of fused-ring (bicyclic) bond motifs is 2. The standard InChI is InChI=1S/C26H24N4O4/c1-16(2)30(25(32)33)24-27-21-13-12-18(14-22(21)28-24)26(34)20-11-7-6-10-19(20)23(31)29(26)15-17-8-4-3-5-9-17/h3-14,16,34H,15H2,1-2H3,(H,27,28)(H,32,33). The van der Waals surface area contributed by atoms with Gasteiger partial charge in [-0.15, -0.1) is 0 Å². The molecule has 1 unspecified atom stereocenters. The number of hydrogen-bond donors (Lipinski definition) is 3. The summed E-state index contributed by atoms with van der Waals surface area (Å²) in [5.41, 5.74) is 1.71. The van der Waals surface area contributed by atoms with Crippen LogP contribution in [0.15, 0.2) is 72.8 Å². The molecule has 8 nitrogen and oxygen atoms in total. The highest BCUT2D eigenvalue weighted by Crippen LogP contribution is 2.43. The summed E-state index contributed by atoms with van der Waals surface area (Å²) in [6.45, 7) is 3.74. The summed E-state index contributed by atoms with van der Waals surface area (Å²) in [7, 11) is 0. The van der Waals surface area contributed by atoms with Crippen LogP contribution in [-0.2, 0) is 12.3 Å². The number of benzene rings is 3. The molecule has 2 amide bonds. The van der Waals surface area contributed by atoms with Crippen molar-refractivity contribution in [3.8, 4) is 0 Å². The number of amides is 2. The van der Waals surface area contributed by atoms with Crippen LogP contribution in [0.2, 0.25) is 0 Å². The lowest BCUT2D eigenvalue weighted by molar-refractivity contribution is -0.0542. The van der Waals surface area contributed by atoms with E-state index in [9.17, 15) is 19.8 Å². The predicted molar refractivity (Wildman–Crippen MR) is 127 cm³/mol. The van der Waals surface area contributed by atoms with Gasteiger partial charge in [-0.05, 0) is 37.6 Å². The topological polar surface area (TPSA) is 110 Å². The predicted octanol–water partition coefficient (Wildman–Crippen LogP) is 4.31. The Kier molecular flexibility index (Phi) is 5.10. The van der Waals surface area contributed by atoms with Crippen LogP contribution in [0.3, 0.4) is 0 Å². The number of aromatic amines is 1. The fraction of sp³-hybridized carbons (Fsp3) is 0.192. The highest BCUT2D eigenvalue weighted by Gasteiger charge is 2.49. The number of imidazole rings is 1. The fourth-order valence-corrected chi connectivity index (χ4v) is 4.55. The van der Waals surface area contributed by atoms with Crippen molar-refractivity contribution in [2.24, 2.45) is 0 Å². The van der Waals surface area contributed by atoms with Gasteiger partial charge in [0, 0.05) is 29.3 Å². The molecule has 172 valence electrons. The highest BCUT2D eigenvalue weighted by atomic mass is 16.4. The van der Waals surface area contributed by atoms with Gasteiger partial charge in [-0.1, -0.05) is 54.6 Å². The number of hydrogen-bond acceptors (Lipinski definition) is 4. The first-order chi connectivity index (χ1) is 16.3. The molecule has 0 aliphatic carbocycles. The zero-order valence-corrected chi connectivity index (χ0v) is 18.8. The summed E-state index contributed by atoms with van der Waals surface area (Å²) >= 11 is 0. The van der Waals surface area contributed by atoms with Crippen molar-refractivity contribution >= 4 is 29.0 Å². The Morgan fingerprint density at radius 3 is 2.50 bits per heavy atom. The van der Waals surface area contributed by atoms with Gasteiger partial charge in [-0.2, -0.15) is 0 Å². The molecule has 3 N–H and O–H groups in total. The Bertz CT molecular complexity index is 1400. The van der Waals surface area contributed by atoms with Gasteiger partial charge >= 0.3 is 6.09 Å². The molecular formula is C26H24N4O4. The lowest BCUT2D eigenvalue weighted by Crippen LogP contribution is -2.44. The molecule has 3 aromatic carbocycles. The summed E-state index contributed by atoms with van der Waals surface area (Å²) in [6, 6.07) is 21.4. The molecule has 34 heavy (non-hydrogen) atoms. The number of H-pyrrole nitrogens is 1. The van der Waals surface area contributed by atoms with Crippen molar-refractivity contribution < 1.29 is 19.8 Å². The normalized spacial score (nSPS) is 17.4. The van der Waals surface area contributed by atoms with Crippen LogP contribution in [-0.4, -0.2) is 43.1 Å². The molecule has 1 aromatic heterocycles. The van der Waals surface area contributed by atoms with E-state index in [1.54, 1.807) is 56.3 Å². The zero-order valence-electron chi connectivity index (χ0n) is 18.8. The Balaban J connectivity index is 1.64. The van der Waals surface area contributed by atoms with Gasteiger partial charge in [-0.3, -0.25) is 9.69 Å². The maximum absolute atomic E-state index is 13.4. The van der Waals surface area contributed by atoms with Crippen LogP contribution in [0.4, 0.5) is 10.7 Å². The first kappa shape index (κ1) is 21.7. The summed E-state index contributed by atoms with van der Waals surface area (Å²) in [4.78, 5) is 35.2. The second-order valence-electron chi connectivity index (χ2n) is 8.63. The van der Waals surface area contributed by atoms with E-state index in [2.05, 4.69) is 9.97 Å². The van der Waals surface area contributed by atoms with Crippen LogP contribution in [0.5, 0.6) is 0 Å². The molecule has 0 bridgehead atoms. The number of anilines is 1. The van der Waals surface area contributed by atoms with E-state index < -0.39 is 11.8 Å². The Hall–Kier alpha value is -4.17. The number of rotatable bonds is 5. The molecule has 5 rings (SSSR count). The molecule has 1 aliphatic heterocycles. The van der Waals surface area contributed by atoms with E-state index in [0.717, 1.165) is 10.5 Å². The van der Waals surface area contributed by atoms with Crippen LogP contribution in [0.1, 0.15) is 40.9 Å². The number of nitrogens with one attached hydrogen (secondary N) is 1. The van der Waals surface area contributed by atoms with E-state index in [1.165, 1.54) is 4.90 Å². The van der Waals surface area contributed by atoms with Gasteiger partial charge in [0.05, 0.1) is 11.0 Å². The van der Waals surface area contributed by atoms with E-state index in [4.69, 9.17) is 0 Å². The average molecular weight is 457 g/mol. The number of aliphatic hydroxyl groups is 1. The number of carbonyl (C=O) groups excluding carboxylic acids is 1. The second-order valence-corrected chi connectivity index (χ2v) is 8.63. The molecule has 4 aromatic rings. The minimum atomic E-state index is -1.71. The summed E-state index contributed by atoms with van der Waals surface area (Å²) in [5, 5.41) is 21.7. The minimum Gasteiger partial charge on any atom is -0.465 e. The van der Waals surface area contributed by atoms with E-state index in [-0.39, 0.29) is 24.4 Å². The number of aromatic nitrogens is 2. The molecule has 8 heteroatoms. The van der Waals surface area contributed by atoms with Gasteiger partial charge in [0.25, 0.3) is 5.91 Å². The van der Waals surface area contributed by atoms with Crippen molar-refractivity contribution in [2.75, 3.05) is 4.90 Å². The van der Waals surface area contributed by atoms with E-state index in [0.29, 0.717) is 27.7 Å². The number of carbonyl (C=O) groups is 2. The van der Waals surface area contributed by atoms with Crippen molar-refractivity contribution in [1.82, 2.24) is 14.9 Å². The number of nitrogens with zero attached hydrogens (tertiary/aromatic N) is 3. The molecule has 0 spiro atoms. The van der Waals surface area contributed by atoms with Gasteiger partial charge in [0.15, 0.2) is 5.72 Å². The Morgan fingerprint density at radius 1 is 1.09 bits per heavy atom. The molecule has 0 saturated heterocycles. The van der Waals surface area contributed by atoms with E-state index >= 15 is 0 Å². The fourth-order valence-electron chi connectivity index (χ4n) is 4.55. The van der Waals surface area contributed by atoms with Gasteiger partial charge in [0.1, 0.15) is 0 Å². The Morgan fingerprint density at radius 2 is 1.79 bits per heavy atom. The molecule has 0 radical (unpaired) electrons. The van der Waals surface area contributed by atoms with Crippen LogP contribution >= 0.6 is 0 Å². The average Bonchev–Trinajstić information content (AvgIpc) is 3.32. The first-order valence-corrected chi connectivity index (χ1v) is 11.0. The first-order valence-electron chi connectivity index (χ1n) is 11.0. The monoisotopic (exact) mass is 456 g/mol. The third-order valence-corrected chi connectivity index (χ3v) is 6.18. The summed E-state index contributed by atoms with van der Waals surface area (Å²) in [5.74, 6) is -0.0627. The third kappa shape index (κ3) is 3.31. The zero-order chi connectivity index (χ0) is 24.0. The van der Waals surface area contributed by atoms with Crippen molar-refractivity contribution in [2.45, 2.75) is 32.2 Å². The van der Waals surface area contributed by atoms with Crippen LogP contribution in [0, 0.1) is 0 Å². The van der Waals surface area contributed by atoms with Crippen molar-refractivity contribution in [3.05, 3.63) is 95.1 Å². The SMILES string of the molecule is CC(C)N(C(=O)O)c1nc2cc(C3(O)c4ccccc4C(=O)N3Cc3ccccc3)ccc2[nH]1. The molecule has 0 fully saturated rings. The largest absolute Gasteiger partial charge is 0.465 e. The van der Waals surface area contributed by atoms with E-state index in [1.807, 2.05) is 30.3 Å². The maximum Gasteiger partial charge on any atom is 0.414 e. The minimum absolute atomic E-state index is 0.200. The smallest absolute Gasteiger partial charge is 0.414 e. The van der Waals surface area contributed by atoms with Gasteiger partial charge < -0.3 is 15.2 Å². The lowest BCUT2D eigenvalue weighted by atomic mass is 9.93. The molecule has 1 atom stereocenters. The Labute approximate surface area is 196 Å². The van der Waals surface area contributed by atoms with Crippen LogP contribution in [0.25, 0.3) is 11.0 Å². The maximum atomic E-state index is 13.4. The molecule has 1 aliphatic rings. The van der Waals surface area contributed by atoms with Gasteiger partial charge in [-0.25, -0.2) is 14.7 Å². The van der Waals surface area contributed by atoms with Gasteiger partial charge in [0.2, 0.25) is 5.95 Å². The third-order valence-electron chi connectivity index (χ3n) is 6.18. The van der Waals surface area contributed by atoms with Crippen LogP contribution < -0.4 is 4.90 Å². The van der Waals surface area contributed by atoms with Crippen molar-refractivity contribution in [1.29, 1.82) is 0 Å². The van der Waals surface area contributed by atoms with Crippen molar-refractivity contribution in [3.63, 3.8) is 0 Å². The highest BCUT2D eigenvalue weighted by molar-refractivity contribution is 6.00. The second kappa shape index (κ2) is 8.00. The molecule has 2 heterocycles. The molecule has 0 saturated carbocycles. The molecular weight excluding hydrogens is 432 g/mol. The number of carboxylic acid groups (broad SMARTS) is 1. The summed E-state index contributed by atoms with van der Waals surface area (Å²) in [6.07, 6.45) is -1.11.